The Labute approximate surface area is 145 Å². The normalized spacial score (nSPS) is 12.7. The van der Waals surface area contributed by atoms with Crippen molar-refractivity contribution in [3.8, 4) is 0 Å². The smallest absolute Gasteiger partial charge is 0.306 e. The minimum absolute atomic E-state index is 0.143. The fourth-order valence-electron chi connectivity index (χ4n) is 2.58. The highest BCUT2D eigenvalue weighted by Crippen LogP contribution is 2.18. The van der Waals surface area contributed by atoms with Crippen molar-refractivity contribution in [2.75, 3.05) is 0 Å². The van der Waals surface area contributed by atoms with E-state index in [-0.39, 0.29) is 12.4 Å². The third kappa shape index (κ3) is 8.14. The van der Waals surface area contributed by atoms with Gasteiger partial charge in [-0.15, -0.1) is 0 Å². The van der Waals surface area contributed by atoms with Crippen LogP contribution in [0.5, 0.6) is 0 Å². The second-order valence-electron chi connectivity index (χ2n) is 7.27. The summed E-state index contributed by atoms with van der Waals surface area (Å²) in [5, 5.41) is 9.36. The standard InChI is InChI=1S/C20H30O4/c1-5-6-15-7-9-16(10-8-15)11-12-17(19(22)23)13-14-18(21)24-20(2,3)4/h7-10,17H,5-6,11-14H2,1-4H3,(H,22,23). The molecule has 4 heteroatoms. The summed E-state index contributed by atoms with van der Waals surface area (Å²) < 4.78 is 5.23. The summed E-state index contributed by atoms with van der Waals surface area (Å²) in [6.07, 6.45) is 3.88. The molecule has 0 aliphatic rings. The van der Waals surface area contributed by atoms with Crippen LogP contribution < -0.4 is 0 Å². The highest BCUT2D eigenvalue weighted by atomic mass is 16.6. The molecule has 1 aromatic carbocycles. The third-order valence-corrected chi connectivity index (χ3v) is 3.81. The molecule has 4 nitrogen and oxygen atoms in total. The first-order valence-corrected chi connectivity index (χ1v) is 8.73. The number of carbonyl (C=O) groups is 2. The molecule has 24 heavy (non-hydrogen) atoms. The Balaban J connectivity index is 2.48. The topological polar surface area (TPSA) is 63.6 Å². The Kier molecular flexibility index (Phi) is 7.96. The highest BCUT2D eigenvalue weighted by Gasteiger charge is 2.21. The van der Waals surface area contributed by atoms with Gasteiger partial charge in [0.1, 0.15) is 5.60 Å². The Morgan fingerprint density at radius 3 is 2.04 bits per heavy atom. The molecule has 1 atom stereocenters. The van der Waals surface area contributed by atoms with Crippen molar-refractivity contribution in [3.05, 3.63) is 35.4 Å². The number of hydrogen-bond acceptors (Lipinski definition) is 3. The number of ether oxygens (including phenoxy) is 1. The highest BCUT2D eigenvalue weighted by molar-refractivity contribution is 5.73. The predicted molar refractivity (Wildman–Crippen MR) is 95.0 cm³/mol. The molecule has 1 aromatic rings. The van der Waals surface area contributed by atoms with Crippen LogP contribution in [0.4, 0.5) is 0 Å². The number of esters is 1. The lowest BCUT2D eigenvalue weighted by molar-refractivity contribution is -0.155. The average molecular weight is 334 g/mol. The fraction of sp³-hybridized carbons (Fsp3) is 0.600. The van der Waals surface area contributed by atoms with Gasteiger partial charge in [0.15, 0.2) is 0 Å². The van der Waals surface area contributed by atoms with Gasteiger partial charge in [0.05, 0.1) is 5.92 Å². The Morgan fingerprint density at radius 1 is 1.04 bits per heavy atom. The number of carboxylic acids is 1. The molecule has 0 aliphatic heterocycles. The van der Waals surface area contributed by atoms with E-state index in [1.165, 1.54) is 5.56 Å². The van der Waals surface area contributed by atoms with Gasteiger partial charge >= 0.3 is 11.9 Å². The fourth-order valence-corrected chi connectivity index (χ4v) is 2.58. The molecule has 0 bridgehead atoms. The Hall–Kier alpha value is -1.84. The molecule has 0 heterocycles. The molecule has 1 N–H and O–H groups in total. The molecule has 0 radical (unpaired) electrons. The molecule has 0 saturated heterocycles. The van der Waals surface area contributed by atoms with E-state index in [9.17, 15) is 14.7 Å². The van der Waals surface area contributed by atoms with Gasteiger partial charge in [-0.3, -0.25) is 9.59 Å². The second kappa shape index (κ2) is 9.45. The van der Waals surface area contributed by atoms with Crippen LogP contribution in [0.25, 0.3) is 0 Å². The van der Waals surface area contributed by atoms with Crippen LogP contribution in [0, 0.1) is 5.92 Å². The van der Waals surface area contributed by atoms with E-state index < -0.39 is 17.5 Å². The van der Waals surface area contributed by atoms with Gasteiger partial charge < -0.3 is 9.84 Å². The molecule has 0 amide bonds. The number of carboxylic acid groups (broad SMARTS) is 1. The summed E-state index contributed by atoms with van der Waals surface area (Å²) in [6.45, 7) is 7.57. The maximum atomic E-state index is 11.7. The van der Waals surface area contributed by atoms with Crippen molar-refractivity contribution in [2.24, 2.45) is 5.92 Å². The monoisotopic (exact) mass is 334 g/mol. The van der Waals surface area contributed by atoms with Crippen molar-refractivity contribution >= 4 is 11.9 Å². The number of carbonyl (C=O) groups excluding carboxylic acids is 1. The minimum atomic E-state index is -0.846. The summed E-state index contributed by atoms with van der Waals surface area (Å²) in [7, 11) is 0. The maximum Gasteiger partial charge on any atom is 0.306 e. The molecule has 0 aliphatic carbocycles. The predicted octanol–water partition coefficient (Wildman–Crippen LogP) is 4.39. The molecule has 0 fully saturated rings. The first-order valence-electron chi connectivity index (χ1n) is 8.73. The van der Waals surface area contributed by atoms with E-state index in [4.69, 9.17) is 4.74 Å². The number of rotatable bonds is 9. The van der Waals surface area contributed by atoms with Crippen LogP contribution in [-0.4, -0.2) is 22.6 Å². The molecule has 0 aromatic heterocycles. The van der Waals surface area contributed by atoms with Gasteiger partial charge in [-0.2, -0.15) is 0 Å². The lowest BCUT2D eigenvalue weighted by atomic mass is 9.94. The van der Waals surface area contributed by atoms with E-state index in [2.05, 4.69) is 31.2 Å². The summed E-state index contributed by atoms with van der Waals surface area (Å²) >= 11 is 0. The molecular weight excluding hydrogens is 304 g/mol. The molecule has 1 unspecified atom stereocenters. The van der Waals surface area contributed by atoms with Crippen molar-refractivity contribution in [1.82, 2.24) is 0 Å². The Morgan fingerprint density at radius 2 is 1.58 bits per heavy atom. The number of benzene rings is 1. The van der Waals surface area contributed by atoms with Gasteiger partial charge in [0.25, 0.3) is 0 Å². The number of aliphatic carboxylic acids is 1. The number of aryl methyl sites for hydroxylation is 2. The van der Waals surface area contributed by atoms with Gasteiger partial charge in [0.2, 0.25) is 0 Å². The quantitative estimate of drug-likeness (QED) is 0.680. The van der Waals surface area contributed by atoms with Crippen LogP contribution in [-0.2, 0) is 27.2 Å². The van der Waals surface area contributed by atoms with Crippen LogP contribution in [0.3, 0.4) is 0 Å². The van der Waals surface area contributed by atoms with Crippen molar-refractivity contribution in [1.29, 1.82) is 0 Å². The van der Waals surface area contributed by atoms with Crippen LogP contribution >= 0.6 is 0 Å². The molecule has 1 rings (SSSR count). The van der Waals surface area contributed by atoms with Crippen LogP contribution in [0.2, 0.25) is 0 Å². The van der Waals surface area contributed by atoms with E-state index >= 15 is 0 Å². The van der Waals surface area contributed by atoms with Crippen LogP contribution in [0.15, 0.2) is 24.3 Å². The summed E-state index contributed by atoms with van der Waals surface area (Å²) in [5.74, 6) is -1.70. The lowest BCUT2D eigenvalue weighted by Crippen LogP contribution is -2.25. The molecule has 134 valence electrons. The molecule has 0 spiro atoms. The van der Waals surface area contributed by atoms with Crippen molar-refractivity contribution < 1.29 is 19.4 Å². The molecule has 0 saturated carbocycles. The SMILES string of the molecule is CCCc1ccc(CCC(CCC(=O)OC(C)(C)C)C(=O)O)cc1. The van der Waals surface area contributed by atoms with Crippen LogP contribution in [0.1, 0.15) is 64.5 Å². The lowest BCUT2D eigenvalue weighted by Gasteiger charge is -2.20. The summed E-state index contributed by atoms with van der Waals surface area (Å²) in [6, 6.07) is 8.35. The zero-order valence-corrected chi connectivity index (χ0v) is 15.3. The van der Waals surface area contributed by atoms with E-state index in [1.54, 1.807) is 0 Å². The second-order valence-corrected chi connectivity index (χ2v) is 7.27. The summed E-state index contributed by atoms with van der Waals surface area (Å²) in [5.41, 5.74) is 1.91. The number of hydrogen-bond donors (Lipinski definition) is 1. The first-order chi connectivity index (χ1) is 11.2. The zero-order chi connectivity index (χ0) is 18.2. The Bertz CT molecular complexity index is 526. The van der Waals surface area contributed by atoms with E-state index in [0.717, 1.165) is 18.4 Å². The van der Waals surface area contributed by atoms with E-state index in [0.29, 0.717) is 19.3 Å². The first kappa shape index (κ1) is 20.2. The summed E-state index contributed by atoms with van der Waals surface area (Å²) in [4.78, 5) is 23.1. The van der Waals surface area contributed by atoms with Gasteiger partial charge in [-0.25, -0.2) is 0 Å². The molecular formula is C20H30O4. The average Bonchev–Trinajstić information content (AvgIpc) is 2.47. The van der Waals surface area contributed by atoms with Crippen molar-refractivity contribution in [3.63, 3.8) is 0 Å². The maximum absolute atomic E-state index is 11.7. The van der Waals surface area contributed by atoms with Gasteiger partial charge in [0, 0.05) is 6.42 Å². The minimum Gasteiger partial charge on any atom is -0.481 e. The van der Waals surface area contributed by atoms with Crippen molar-refractivity contribution in [2.45, 2.75) is 71.8 Å². The largest absolute Gasteiger partial charge is 0.481 e. The third-order valence-electron chi connectivity index (χ3n) is 3.81. The van der Waals surface area contributed by atoms with E-state index in [1.807, 2.05) is 20.8 Å². The van der Waals surface area contributed by atoms with Gasteiger partial charge in [-0.1, -0.05) is 37.6 Å². The zero-order valence-electron chi connectivity index (χ0n) is 15.3. The van der Waals surface area contributed by atoms with Gasteiger partial charge in [-0.05, 0) is 57.6 Å².